The fourth-order valence-corrected chi connectivity index (χ4v) is 2.07. The zero-order chi connectivity index (χ0) is 11.4. The summed E-state index contributed by atoms with van der Waals surface area (Å²) in [5, 5.41) is 0. The summed E-state index contributed by atoms with van der Waals surface area (Å²) in [5.41, 5.74) is 0. The minimum Gasteiger partial charge on any atom is -0.378 e. The third-order valence-electron chi connectivity index (χ3n) is 3.04. The minimum atomic E-state index is 0.113. The van der Waals surface area contributed by atoms with Crippen molar-refractivity contribution in [2.75, 3.05) is 6.61 Å². The van der Waals surface area contributed by atoms with Gasteiger partial charge < -0.3 is 9.30 Å². The van der Waals surface area contributed by atoms with Crippen LogP contribution in [0.4, 0.5) is 0 Å². The topological polar surface area (TPSA) is 44.1 Å². The highest BCUT2D eigenvalue weighted by Gasteiger charge is 2.17. The lowest BCUT2D eigenvalue weighted by atomic mass is 10.0. The summed E-state index contributed by atoms with van der Waals surface area (Å²) in [4.78, 5) is 15.9. The summed E-state index contributed by atoms with van der Waals surface area (Å²) < 4.78 is 7.36. The van der Waals surface area contributed by atoms with E-state index in [1.165, 1.54) is 6.42 Å². The molecule has 88 valence electrons. The molecule has 1 aliphatic rings. The van der Waals surface area contributed by atoms with Crippen molar-refractivity contribution in [2.45, 2.75) is 38.2 Å². The molecule has 0 amide bonds. The van der Waals surface area contributed by atoms with Crippen LogP contribution in [0, 0.1) is 0 Å². The number of aryl methyl sites for hydroxylation is 1. The van der Waals surface area contributed by atoms with Crippen LogP contribution >= 0.6 is 0 Å². The number of nitrogens with zero attached hydrogens (tertiary/aromatic N) is 2. The maximum atomic E-state index is 11.8. The van der Waals surface area contributed by atoms with Gasteiger partial charge in [0, 0.05) is 32.5 Å². The van der Waals surface area contributed by atoms with Gasteiger partial charge in [-0.1, -0.05) is 0 Å². The maximum absolute atomic E-state index is 11.8. The zero-order valence-electron chi connectivity index (χ0n) is 9.69. The van der Waals surface area contributed by atoms with Gasteiger partial charge in [-0.05, 0) is 25.7 Å². The summed E-state index contributed by atoms with van der Waals surface area (Å²) in [6.07, 6.45) is 8.56. The van der Waals surface area contributed by atoms with E-state index in [0.717, 1.165) is 25.9 Å². The van der Waals surface area contributed by atoms with Gasteiger partial charge in [-0.3, -0.25) is 4.79 Å². The highest BCUT2D eigenvalue weighted by atomic mass is 16.5. The van der Waals surface area contributed by atoms with Gasteiger partial charge in [0.2, 0.25) is 0 Å². The highest BCUT2D eigenvalue weighted by Crippen LogP contribution is 2.17. The first-order valence-electron chi connectivity index (χ1n) is 5.89. The molecular formula is C12H18N2O2. The number of hydrogen-bond acceptors (Lipinski definition) is 3. The zero-order valence-corrected chi connectivity index (χ0v) is 9.69. The average Bonchev–Trinajstić information content (AvgIpc) is 2.74. The molecule has 1 aromatic rings. The SMILES string of the molecule is Cn1ccnc1C(=O)CCC1CCCCO1. The van der Waals surface area contributed by atoms with E-state index in [1.54, 1.807) is 17.0 Å². The summed E-state index contributed by atoms with van der Waals surface area (Å²) in [5.74, 6) is 0.664. The van der Waals surface area contributed by atoms with Crippen LogP contribution in [0.25, 0.3) is 0 Å². The molecule has 0 saturated carbocycles. The van der Waals surface area contributed by atoms with Crippen molar-refractivity contribution in [1.29, 1.82) is 0 Å². The molecule has 4 nitrogen and oxygen atoms in total. The third kappa shape index (κ3) is 2.70. The molecule has 1 fully saturated rings. The van der Waals surface area contributed by atoms with Gasteiger partial charge in [0.05, 0.1) is 6.10 Å². The number of ether oxygens (including phenoxy) is 1. The van der Waals surface area contributed by atoms with Crippen molar-refractivity contribution in [3.05, 3.63) is 18.2 Å². The Kier molecular flexibility index (Phi) is 3.72. The van der Waals surface area contributed by atoms with E-state index < -0.39 is 0 Å². The van der Waals surface area contributed by atoms with Crippen molar-refractivity contribution in [3.63, 3.8) is 0 Å². The molecule has 4 heteroatoms. The van der Waals surface area contributed by atoms with Gasteiger partial charge in [-0.15, -0.1) is 0 Å². The molecule has 1 aliphatic heterocycles. The van der Waals surface area contributed by atoms with E-state index in [9.17, 15) is 4.79 Å². The van der Waals surface area contributed by atoms with Gasteiger partial charge in [0.1, 0.15) is 0 Å². The van der Waals surface area contributed by atoms with E-state index in [4.69, 9.17) is 4.74 Å². The van der Waals surface area contributed by atoms with E-state index >= 15 is 0 Å². The first-order valence-corrected chi connectivity index (χ1v) is 5.89. The van der Waals surface area contributed by atoms with Crippen molar-refractivity contribution in [2.24, 2.45) is 7.05 Å². The Morgan fingerprint density at radius 1 is 1.62 bits per heavy atom. The van der Waals surface area contributed by atoms with E-state index in [0.29, 0.717) is 12.2 Å². The fraction of sp³-hybridized carbons (Fsp3) is 0.667. The summed E-state index contributed by atoms with van der Waals surface area (Å²) in [7, 11) is 1.84. The van der Waals surface area contributed by atoms with Gasteiger partial charge >= 0.3 is 0 Å². The minimum absolute atomic E-state index is 0.113. The number of imidazole rings is 1. The van der Waals surface area contributed by atoms with Crippen LogP contribution in [0.2, 0.25) is 0 Å². The molecule has 2 rings (SSSR count). The predicted octanol–water partition coefficient (Wildman–Crippen LogP) is 1.95. The lowest BCUT2D eigenvalue weighted by Crippen LogP contribution is -2.20. The largest absolute Gasteiger partial charge is 0.378 e. The van der Waals surface area contributed by atoms with Crippen LogP contribution < -0.4 is 0 Å². The van der Waals surface area contributed by atoms with Crippen molar-refractivity contribution in [3.8, 4) is 0 Å². The van der Waals surface area contributed by atoms with Gasteiger partial charge in [0.25, 0.3) is 0 Å². The Morgan fingerprint density at radius 2 is 2.50 bits per heavy atom. The predicted molar refractivity (Wildman–Crippen MR) is 60.4 cm³/mol. The lowest BCUT2D eigenvalue weighted by Gasteiger charge is -2.21. The number of rotatable bonds is 4. The van der Waals surface area contributed by atoms with Crippen LogP contribution in [0.3, 0.4) is 0 Å². The molecular weight excluding hydrogens is 204 g/mol. The van der Waals surface area contributed by atoms with E-state index in [2.05, 4.69) is 4.98 Å². The smallest absolute Gasteiger partial charge is 0.198 e. The first kappa shape index (κ1) is 11.3. The molecule has 0 radical (unpaired) electrons. The van der Waals surface area contributed by atoms with E-state index in [-0.39, 0.29) is 11.9 Å². The molecule has 0 aliphatic carbocycles. The van der Waals surface area contributed by atoms with Crippen molar-refractivity contribution < 1.29 is 9.53 Å². The Labute approximate surface area is 95.6 Å². The Balaban J connectivity index is 1.81. The second kappa shape index (κ2) is 5.25. The van der Waals surface area contributed by atoms with Crippen LogP contribution in [0.5, 0.6) is 0 Å². The Morgan fingerprint density at radius 3 is 3.12 bits per heavy atom. The normalized spacial score (nSPS) is 20.9. The van der Waals surface area contributed by atoms with Gasteiger partial charge in [-0.25, -0.2) is 4.98 Å². The second-order valence-electron chi connectivity index (χ2n) is 4.31. The fourth-order valence-electron chi connectivity index (χ4n) is 2.07. The van der Waals surface area contributed by atoms with Gasteiger partial charge in [-0.2, -0.15) is 0 Å². The molecule has 16 heavy (non-hydrogen) atoms. The van der Waals surface area contributed by atoms with E-state index in [1.807, 2.05) is 7.05 Å². The van der Waals surface area contributed by atoms with Crippen LogP contribution in [-0.4, -0.2) is 28.0 Å². The molecule has 1 aromatic heterocycles. The Bertz CT molecular complexity index is 354. The molecule has 0 aromatic carbocycles. The number of carbonyl (C=O) groups is 1. The highest BCUT2D eigenvalue weighted by molar-refractivity contribution is 5.92. The molecule has 1 saturated heterocycles. The van der Waals surface area contributed by atoms with Crippen molar-refractivity contribution >= 4 is 5.78 Å². The second-order valence-corrected chi connectivity index (χ2v) is 4.31. The number of aromatic nitrogens is 2. The maximum Gasteiger partial charge on any atom is 0.198 e. The molecule has 2 heterocycles. The quantitative estimate of drug-likeness (QED) is 0.731. The molecule has 0 bridgehead atoms. The van der Waals surface area contributed by atoms with Crippen LogP contribution in [0.1, 0.15) is 42.7 Å². The summed E-state index contributed by atoms with van der Waals surface area (Å²) >= 11 is 0. The molecule has 0 spiro atoms. The Hall–Kier alpha value is -1.16. The van der Waals surface area contributed by atoms with Crippen molar-refractivity contribution in [1.82, 2.24) is 9.55 Å². The molecule has 1 unspecified atom stereocenters. The summed E-state index contributed by atoms with van der Waals surface area (Å²) in [6, 6.07) is 0. The van der Waals surface area contributed by atoms with Crippen LogP contribution in [-0.2, 0) is 11.8 Å². The van der Waals surface area contributed by atoms with Crippen LogP contribution in [0.15, 0.2) is 12.4 Å². The third-order valence-corrected chi connectivity index (χ3v) is 3.04. The molecule has 0 N–H and O–H groups in total. The average molecular weight is 222 g/mol. The number of hydrogen-bond donors (Lipinski definition) is 0. The number of Topliss-reactive ketones (excluding diaryl/α,β-unsaturated/α-hetero) is 1. The monoisotopic (exact) mass is 222 g/mol. The molecule has 1 atom stereocenters. The number of ketones is 1. The summed E-state index contributed by atoms with van der Waals surface area (Å²) in [6.45, 7) is 0.848. The number of carbonyl (C=O) groups excluding carboxylic acids is 1. The first-order chi connectivity index (χ1) is 7.77. The van der Waals surface area contributed by atoms with Gasteiger partial charge in [0.15, 0.2) is 11.6 Å². The lowest BCUT2D eigenvalue weighted by molar-refractivity contribution is 0.0104. The standard InChI is InChI=1S/C12H18N2O2/c1-14-8-7-13-12(14)11(15)6-5-10-4-2-3-9-16-10/h7-8,10H,2-6,9H2,1H3.